The molecule has 0 aliphatic carbocycles. The predicted octanol–water partition coefficient (Wildman–Crippen LogP) is -4.34. The number of aliphatic hydroxyl groups excluding tert-OH is 9. The van der Waals surface area contributed by atoms with Gasteiger partial charge in [-0.3, -0.25) is 0 Å². The molecule has 240 valence electrons. The van der Waals surface area contributed by atoms with Gasteiger partial charge in [0.25, 0.3) is 0 Å². The Balaban J connectivity index is 0.000000400. The minimum absolute atomic E-state index is 0.0140. The molecule has 2 saturated heterocycles. The molecule has 0 radical (unpaired) electrons. The Morgan fingerprint density at radius 3 is 1.38 bits per heavy atom. The second-order valence-corrected chi connectivity index (χ2v) is 21.1. The third-order valence-corrected chi connectivity index (χ3v) is 19.1. The normalized spacial score (nSPS) is 34.1. The molecule has 0 bridgehead atoms. The molecule has 0 saturated carbocycles. The average Bonchev–Trinajstić information content (AvgIpc) is 3.27. The van der Waals surface area contributed by atoms with E-state index in [4.69, 9.17) is 14.2 Å². The summed E-state index contributed by atoms with van der Waals surface area (Å²) in [7, 11) is -9.46. The van der Waals surface area contributed by atoms with Crippen molar-refractivity contribution in [2.24, 2.45) is 0 Å². The summed E-state index contributed by atoms with van der Waals surface area (Å²) < 4.78 is 68.2. The Morgan fingerprint density at radius 1 is 0.725 bits per heavy atom. The van der Waals surface area contributed by atoms with E-state index in [1.807, 2.05) is 0 Å². The van der Waals surface area contributed by atoms with E-state index in [1.54, 1.807) is 6.92 Å². The quantitative estimate of drug-likeness (QED) is 0.0589. The van der Waals surface area contributed by atoms with E-state index in [0.717, 1.165) is 0 Å². The van der Waals surface area contributed by atoms with E-state index in [1.165, 1.54) is 0 Å². The van der Waals surface area contributed by atoms with Crippen molar-refractivity contribution >= 4 is 48.6 Å². The van der Waals surface area contributed by atoms with Gasteiger partial charge in [0.1, 0.15) is 0 Å². The van der Waals surface area contributed by atoms with E-state index >= 15 is 0 Å². The van der Waals surface area contributed by atoms with Crippen LogP contribution in [-0.2, 0) is 29.2 Å². The van der Waals surface area contributed by atoms with Gasteiger partial charge in [-0.15, -0.1) is 0 Å². The van der Waals surface area contributed by atoms with Crippen molar-refractivity contribution in [3.8, 4) is 0 Å². The molecule has 2 fully saturated rings. The maximum absolute atomic E-state index is 10.7. The molecule has 40 heavy (non-hydrogen) atoms. The Labute approximate surface area is 241 Å². The molecule has 2 aliphatic rings. The monoisotopic (exact) mass is 764 g/mol. The Morgan fingerprint density at radius 2 is 1.07 bits per heavy atom. The van der Waals surface area contributed by atoms with Crippen LogP contribution in [0.3, 0.4) is 0 Å². The van der Waals surface area contributed by atoms with Gasteiger partial charge in [-0.1, -0.05) is 0 Å². The Hall–Kier alpha value is 0.419. The first kappa shape index (κ1) is 38.4. The molecule has 17 nitrogen and oxygen atoms in total. The van der Waals surface area contributed by atoms with Crippen molar-refractivity contribution in [3.05, 3.63) is 0 Å². The van der Waals surface area contributed by atoms with E-state index in [-0.39, 0.29) is 35.6 Å². The SMILES string of the molecule is CC[C@@H](OS(=O)(=O)O)[C@@H](O)C[Se+]1C[C@@H](O)[C@H](O)[C@H]1CO.O=S(=O)(O)O[C@@H](CO)[C@H](O)C[Se+]1C[C@@H](O)[C@H](O)[C@H]1CO. The molecule has 11 N–H and O–H groups in total. The summed E-state index contributed by atoms with van der Waals surface area (Å²) in [6.07, 6.45) is -8.96. The van der Waals surface area contributed by atoms with Crippen LogP contribution in [0.15, 0.2) is 0 Å². The Kier molecular flexibility index (Phi) is 16.4. The summed E-state index contributed by atoms with van der Waals surface area (Å²) in [4.78, 5) is -0.993. The molecule has 0 amide bonds. The van der Waals surface area contributed by atoms with Crippen molar-refractivity contribution in [1.29, 1.82) is 0 Å². The third kappa shape index (κ3) is 12.2. The number of aliphatic hydroxyl groups is 9. The van der Waals surface area contributed by atoms with Gasteiger partial charge in [0.05, 0.1) is 0 Å². The predicted molar refractivity (Wildman–Crippen MR) is 139 cm³/mol. The van der Waals surface area contributed by atoms with E-state index in [0.29, 0.717) is 5.32 Å². The first-order chi connectivity index (χ1) is 18.4. The minimum atomic E-state index is -4.81. The van der Waals surface area contributed by atoms with Crippen LogP contribution >= 0.6 is 0 Å². The van der Waals surface area contributed by atoms with Gasteiger partial charge >= 0.3 is 242 Å². The average molecular weight is 763 g/mol. The van der Waals surface area contributed by atoms with Gasteiger partial charge in [-0.2, -0.15) is 0 Å². The van der Waals surface area contributed by atoms with E-state index in [2.05, 4.69) is 8.37 Å². The maximum atomic E-state index is 10.7. The molecule has 2 unspecified atom stereocenters. The topological polar surface area (TPSA) is 309 Å². The zero-order valence-electron chi connectivity index (χ0n) is 21.4. The number of hydrogen-bond donors (Lipinski definition) is 11. The molecular formula is C19H40O17S2Se2+2. The van der Waals surface area contributed by atoms with Gasteiger partial charge in [0, 0.05) is 0 Å². The van der Waals surface area contributed by atoms with Crippen LogP contribution in [0.25, 0.3) is 0 Å². The van der Waals surface area contributed by atoms with Crippen LogP contribution in [0.2, 0.25) is 30.9 Å². The van der Waals surface area contributed by atoms with Crippen LogP contribution < -0.4 is 0 Å². The van der Waals surface area contributed by atoms with Crippen LogP contribution in [-0.4, -0.2) is 168 Å². The van der Waals surface area contributed by atoms with Crippen molar-refractivity contribution < 1.29 is 80.3 Å². The molecule has 0 aromatic heterocycles. The molecule has 12 atom stereocenters. The van der Waals surface area contributed by atoms with Gasteiger partial charge in [-0.05, 0) is 0 Å². The van der Waals surface area contributed by atoms with Crippen LogP contribution in [0.5, 0.6) is 0 Å². The van der Waals surface area contributed by atoms with Crippen molar-refractivity contribution in [2.75, 3.05) is 19.8 Å². The number of rotatable bonds is 14. The fraction of sp³-hybridized carbons (Fsp3) is 1.00. The van der Waals surface area contributed by atoms with Gasteiger partial charge in [-0.25, -0.2) is 0 Å². The molecule has 0 spiro atoms. The summed E-state index contributed by atoms with van der Waals surface area (Å²) in [6, 6.07) is 0. The first-order valence-corrected chi connectivity index (χ1v) is 21.5. The van der Waals surface area contributed by atoms with Crippen molar-refractivity contribution in [1.82, 2.24) is 0 Å². The van der Waals surface area contributed by atoms with Crippen LogP contribution in [0.4, 0.5) is 0 Å². The summed E-state index contributed by atoms with van der Waals surface area (Å²) in [5, 5.41) is 86.4. The van der Waals surface area contributed by atoms with Gasteiger partial charge < -0.3 is 0 Å². The molecule has 2 heterocycles. The molecule has 2 aliphatic heterocycles. The fourth-order valence-electron chi connectivity index (χ4n) is 4.17. The summed E-state index contributed by atoms with van der Waals surface area (Å²) in [5.41, 5.74) is 0. The van der Waals surface area contributed by atoms with E-state index in [9.17, 15) is 57.7 Å². The summed E-state index contributed by atoms with van der Waals surface area (Å²) in [6.45, 7) is 0.139. The number of hydrogen-bond acceptors (Lipinski definition) is 15. The van der Waals surface area contributed by atoms with E-state index < -0.39 is 114 Å². The third-order valence-electron chi connectivity index (χ3n) is 6.24. The molecule has 2 rings (SSSR count). The molecule has 0 aromatic carbocycles. The summed E-state index contributed by atoms with van der Waals surface area (Å²) in [5.74, 6) is 0. The zero-order valence-corrected chi connectivity index (χ0v) is 26.5. The second-order valence-electron chi connectivity index (χ2n) is 9.15. The molecule has 21 heteroatoms. The van der Waals surface area contributed by atoms with Crippen molar-refractivity contribution in [3.63, 3.8) is 0 Å². The Bertz CT molecular complexity index is 880. The molecule has 0 aromatic rings. The fourth-order valence-corrected chi connectivity index (χ4v) is 16.6. The van der Waals surface area contributed by atoms with Gasteiger partial charge in [0.2, 0.25) is 0 Å². The second kappa shape index (κ2) is 17.0. The van der Waals surface area contributed by atoms with Crippen molar-refractivity contribution in [2.45, 2.75) is 93.1 Å². The first-order valence-electron chi connectivity index (χ1n) is 11.9. The van der Waals surface area contributed by atoms with Crippen LogP contribution in [0.1, 0.15) is 13.3 Å². The zero-order chi connectivity index (χ0) is 31.0. The van der Waals surface area contributed by atoms with Gasteiger partial charge in [0.15, 0.2) is 0 Å². The molecular weight excluding hydrogens is 722 g/mol. The standard InChI is InChI=1S/C10H20O8SSe.C9H18O9SSe/c1-2-8(18-19(15,16)17)6(12)4-20-5-7(13)10(14)9(20)3-11;10-1-7(18-19(15,16)17)5(12)3-20-4-6(13)9(14)8(20)2-11/h6-14H,2-5H2,1H3;5-14H,1-4H2/p+2/t6-,7+,8+,9+,10-,20?;5-,6-,7+,8-,9+,20?/m01/s1. The summed E-state index contributed by atoms with van der Waals surface area (Å²) >= 11 is -3.54. The van der Waals surface area contributed by atoms with Crippen LogP contribution in [0, 0.1) is 0 Å².